The summed E-state index contributed by atoms with van der Waals surface area (Å²) in [5, 5.41) is 11.6. The highest BCUT2D eigenvalue weighted by molar-refractivity contribution is 5.82. The van der Waals surface area contributed by atoms with Crippen LogP contribution in [0.1, 0.15) is 48.5 Å². The van der Waals surface area contributed by atoms with Crippen molar-refractivity contribution in [3.05, 3.63) is 64.4 Å². The van der Waals surface area contributed by atoms with Crippen molar-refractivity contribution in [2.45, 2.75) is 64.7 Å². The van der Waals surface area contributed by atoms with Crippen LogP contribution in [0.5, 0.6) is 0 Å². The van der Waals surface area contributed by atoms with E-state index in [0.717, 1.165) is 11.1 Å². The molecule has 0 saturated heterocycles. The van der Waals surface area contributed by atoms with E-state index in [1.165, 1.54) is 18.2 Å². The van der Waals surface area contributed by atoms with Crippen molar-refractivity contribution in [3.8, 4) is 0 Å². The maximum atomic E-state index is 14.1. The first kappa shape index (κ1) is 22.3. The van der Waals surface area contributed by atoms with Gasteiger partial charge in [-0.05, 0) is 68.0 Å². The van der Waals surface area contributed by atoms with Gasteiger partial charge in [0, 0.05) is 34.4 Å². The summed E-state index contributed by atoms with van der Waals surface area (Å²) in [6.45, 7) is 8.50. The molecule has 1 aromatic carbocycles. The van der Waals surface area contributed by atoms with E-state index < -0.39 is 35.9 Å². The smallest absolute Gasteiger partial charge is 0.380 e. The summed E-state index contributed by atoms with van der Waals surface area (Å²) < 4.78 is 56.0. The van der Waals surface area contributed by atoms with Crippen molar-refractivity contribution in [2.24, 2.45) is 0 Å². The second kappa shape index (κ2) is 7.38. The summed E-state index contributed by atoms with van der Waals surface area (Å²) in [5.74, 6) is -0.520. The third-order valence-corrected chi connectivity index (χ3v) is 5.66. The molecule has 0 aliphatic heterocycles. The number of hydrogen-bond donors (Lipinski definition) is 2. The normalized spacial score (nSPS) is 14.9. The predicted molar refractivity (Wildman–Crippen MR) is 109 cm³/mol. The molecule has 7 heteroatoms. The zero-order valence-corrected chi connectivity index (χ0v) is 17.7. The maximum absolute atomic E-state index is 14.1. The van der Waals surface area contributed by atoms with Gasteiger partial charge in [-0.1, -0.05) is 19.9 Å². The number of aliphatic hydroxyl groups is 1. The third-order valence-electron chi connectivity index (χ3n) is 5.66. The summed E-state index contributed by atoms with van der Waals surface area (Å²) >= 11 is 0. The number of fused-ring (bicyclic) bond motifs is 1. The minimum Gasteiger partial charge on any atom is -0.380 e. The molecular formula is C23H26F4N2O. The number of H-pyrrole nitrogens is 1. The van der Waals surface area contributed by atoms with Crippen molar-refractivity contribution in [3.63, 3.8) is 0 Å². The molecule has 2 aromatic heterocycles. The van der Waals surface area contributed by atoms with Gasteiger partial charge in [0.2, 0.25) is 0 Å². The van der Waals surface area contributed by atoms with Crippen molar-refractivity contribution in [1.82, 2.24) is 9.97 Å². The van der Waals surface area contributed by atoms with Crippen LogP contribution in [0, 0.1) is 26.6 Å². The fourth-order valence-corrected chi connectivity index (χ4v) is 4.33. The Hall–Kier alpha value is -2.41. The molecule has 2 N–H and O–H groups in total. The van der Waals surface area contributed by atoms with Gasteiger partial charge in [-0.15, -0.1) is 0 Å². The standard InChI is InChI=1S/C23H26F4N2O/c1-13-6-7-16(24)9-19(13)21(4,5)12-22(30,23(25,26)27)11-17-10-18-15(3)28-14(2)8-20(18)29-17/h6-10,29-30H,11-12H2,1-5H3. The quantitative estimate of drug-likeness (QED) is 0.508. The van der Waals surface area contributed by atoms with Crippen molar-refractivity contribution < 1.29 is 22.7 Å². The second-order valence-corrected chi connectivity index (χ2v) is 8.83. The number of nitrogens with one attached hydrogen (secondary N) is 1. The Morgan fingerprint density at radius 3 is 2.33 bits per heavy atom. The van der Waals surface area contributed by atoms with E-state index in [9.17, 15) is 22.7 Å². The number of benzene rings is 1. The monoisotopic (exact) mass is 422 g/mol. The predicted octanol–water partition coefficient (Wildman–Crippen LogP) is 5.83. The number of aromatic amines is 1. The Morgan fingerprint density at radius 2 is 1.70 bits per heavy atom. The summed E-state index contributed by atoms with van der Waals surface area (Å²) in [6, 6.07) is 7.42. The first-order valence-corrected chi connectivity index (χ1v) is 9.73. The molecule has 3 rings (SSSR count). The SMILES string of the molecule is Cc1cc2[nH]c(CC(O)(CC(C)(C)c3cc(F)ccc3C)C(F)(F)F)cc2c(C)n1. The molecule has 0 saturated carbocycles. The van der Waals surface area contributed by atoms with Gasteiger partial charge >= 0.3 is 6.18 Å². The Kier molecular flexibility index (Phi) is 5.48. The molecule has 0 aliphatic carbocycles. The molecule has 0 radical (unpaired) electrons. The van der Waals surface area contributed by atoms with E-state index in [-0.39, 0.29) is 5.69 Å². The fourth-order valence-electron chi connectivity index (χ4n) is 4.33. The molecule has 30 heavy (non-hydrogen) atoms. The number of aromatic nitrogens is 2. The molecule has 3 aromatic rings. The summed E-state index contributed by atoms with van der Waals surface area (Å²) in [7, 11) is 0. The number of halogens is 4. The van der Waals surface area contributed by atoms with E-state index in [1.807, 2.05) is 6.92 Å². The number of rotatable bonds is 5. The van der Waals surface area contributed by atoms with Crippen LogP contribution < -0.4 is 0 Å². The molecule has 162 valence electrons. The van der Waals surface area contributed by atoms with Crippen LogP contribution >= 0.6 is 0 Å². The average molecular weight is 422 g/mol. The number of pyridine rings is 1. The molecule has 0 spiro atoms. The zero-order valence-electron chi connectivity index (χ0n) is 17.7. The van der Waals surface area contributed by atoms with Crippen LogP contribution in [0.2, 0.25) is 0 Å². The Morgan fingerprint density at radius 1 is 1.03 bits per heavy atom. The van der Waals surface area contributed by atoms with Crippen LogP contribution in [0.15, 0.2) is 30.3 Å². The largest absolute Gasteiger partial charge is 0.417 e. The van der Waals surface area contributed by atoms with Gasteiger partial charge in [-0.3, -0.25) is 4.98 Å². The zero-order chi connectivity index (χ0) is 22.5. The second-order valence-electron chi connectivity index (χ2n) is 8.83. The van der Waals surface area contributed by atoms with Crippen molar-refractivity contribution in [1.29, 1.82) is 0 Å². The van der Waals surface area contributed by atoms with E-state index in [1.54, 1.807) is 39.8 Å². The summed E-state index contributed by atoms with van der Waals surface area (Å²) in [6.07, 6.45) is -6.12. The Labute approximate surface area is 173 Å². The fraction of sp³-hybridized carbons (Fsp3) is 0.435. The Bertz CT molecular complexity index is 1080. The van der Waals surface area contributed by atoms with Crippen LogP contribution in [-0.2, 0) is 11.8 Å². The van der Waals surface area contributed by atoms with Gasteiger partial charge in [0.1, 0.15) is 5.82 Å². The van der Waals surface area contributed by atoms with Crippen LogP contribution in [0.25, 0.3) is 10.9 Å². The Balaban J connectivity index is 2.01. The number of alkyl halides is 3. The number of nitrogens with zero attached hydrogens (tertiary/aromatic N) is 1. The lowest BCUT2D eigenvalue weighted by molar-refractivity contribution is -0.266. The molecule has 1 atom stereocenters. The first-order chi connectivity index (χ1) is 13.7. The molecule has 0 amide bonds. The third kappa shape index (κ3) is 4.21. The molecule has 0 aliphatic rings. The molecule has 2 heterocycles. The lowest BCUT2D eigenvalue weighted by Gasteiger charge is -2.38. The highest BCUT2D eigenvalue weighted by Crippen LogP contribution is 2.44. The highest BCUT2D eigenvalue weighted by Gasteiger charge is 2.56. The van der Waals surface area contributed by atoms with E-state index in [4.69, 9.17) is 0 Å². The van der Waals surface area contributed by atoms with Crippen molar-refractivity contribution >= 4 is 10.9 Å². The maximum Gasteiger partial charge on any atom is 0.417 e. The van der Waals surface area contributed by atoms with Crippen LogP contribution in [0.3, 0.4) is 0 Å². The number of aryl methyl sites for hydroxylation is 3. The van der Waals surface area contributed by atoms with Gasteiger partial charge in [0.05, 0.1) is 0 Å². The number of hydrogen-bond acceptors (Lipinski definition) is 2. The summed E-state index contributed by atoms with van der Waals surface area (Å²) in [5.41, 5.74) is -0.581. The average Bonchev–Trinajstić information content (AvgIpc) is 2.97. The van der Waals surface area contributed by atoms with Gasteiger partial charge in [0.25, 0.3) is 0 Å². The highest BCUT2D eigenvalue weighted by atomic mass is 19.4. The topological polar surface area (TPSA) is 48.9 Å². The van der Waals surface area contributed by atoms with E-state index >= 15 is 0 Å². The lowest BCUT2D eigenvalue weighted by atomic mass is 9.72. The van der Waals surface area contributed by atoms with Gasteiger partial charge in [-0.2, -0.15) is 13.2 Å². The van der Waals surface area contributed by atoms with Gasteiger partial charge < -0.3 is 10.1 Å². The van der Waals surface area contributed by atoms with E-state index in [0.29, 0.717) is 22.3 Å². The van der Waals surface area contributed by atoms with Gasteiger partial charge in [0.15, 0.2) is 5.60 Å². The van der Waals surface area contributed by atoms with Crippen LogP contribution in [0.4, 0.5) is 17.6 Å². The molecule has 1 unspecified atom stereocenters. The first-order valence-electron chi connectivity index (χ1n) is 9.73. The summed E-state index contributed by atoms with van der Waals surface area (Å²) in [4.78, 5) is 7.33. The minimum absolute atomic E-state index is 0.270. The lowest BCUT2D eigenvalue weighted by Crippen LogP contribution is -2.51. The molecule has 0 bridgehead atoms. The molecular weight excluding hydrogens is 396 g/mol. The van der Waals surface area contributed by atoms with Gasteiger partial charge in [-0.25, -0.2) is 4.39 Å². The minimum atomic E-state index is -4.87. The van der Waals surface area contributed by atoms with Crippen molar-refractivity contribution in [2.75, 3.05) is 0 Å². The molecule has 0 fully saturated rings. The molecule has 3 nitrogen and oxygen atoms in total. The van der Waals surface area contributed by atoms with Crippen LogP contribution in [-0.4, -0.2) is 26.9 Å². The van der Waals surface area contributed by atoms with E-state index in [2.05, 4.69) is 9.97 Å².